The van der Waals surface area contributed by atoms with E-state index in [0.717, 1.165) is 11.1 Å². The third kappa shape index (κ3) is 1.25. The third-order valence-electron chi connectivity index (χ3n) is 1.46. The summed E-state index contributed by atoms with van der Waals surface area (Å²) < 4.78 is 0. The van der Waals surface area contributed by atoms with Gasteiger partial charge in [-0.2, -0.15) is 0 Å². The number of hydrogen-bond acceptors (Lipinski definition) is 2. The van der Waals surface area contributed by atoms with Crippen molar-refractivity contribution in [3.8, 4) is 0 Å². The van der Waals surface area contributed by atoms with Crippen LogP contribution in [0.5, 0.6) is 0 Å². The van der Waals surface area contributed by atoms with Crippen LogP contribution in [-0.2, 0) is 6.54 Å². The Kier molecular flexibility index (Phi) is 1.87. The largest absolute Gasteiger partial charge is 0.329 e. The maximum Gasteiger partial charge on any atom is 0.248 e. The van der Waals surface area contributed by atoms with Gasteiger partial charge in [-0.1, -0.05) is 0 Å². The van der Waals surface area contributed by atoms with E-state index in [4.69, 9.17) is 5.73 Å². The van der Waals surface area contributed by atoms with E-state index in [-0.39, 0.29) is 5.56 Å². The molecule has 54 valence electrons. The van der Waals surface area contributed by atoms with E-state index in [1.54, 1.807) is 12.3 Å². The summed E-state index contributed by atoms with van der Waals surface area (Å²) in [5.74, 6) is 0. The van der Waals surface area contributed by atoms with Gasteiger partial charge in [0.1, 0.15) is 0 Å². The molecule has 0 bridgehead atoms. The molecule has 1 aromatic heterocycles. The molecule has 0 radical (unpaired) electrons. The maximum absolute atomic E-state index is 10.7. The van der Waals surface area contributed by atoms with Gasteiger partial charge < -0.3 is 10.7 Å². The van der Waals surface area contributed by atoms with Crippen molar-refractivity contribution in [1.82, 2.24) is 4.98 Å². The van der Waals surface area contributed by atoms with Crippen molar-refractivity contribution in [3.05, 3.63) is 33.7 Å². The Morgan fingerprint density at radius 2 is 2.40 bits per heavy atom. The molecule has 0 unspecified atom stereocenters. The van der Waals surface area contributed by atoms with Crippen molar-refractivity contribution in [3.63, 3.8) is 0 Å². The molecule has 0 saturated heterocycles. The molecule has 3 heteroatoms. The van der Waals surface area contributed by atoms with Crippen molar-refractivity contribution in [2.24, 2.45) is 5.73 Å². The predicted octanol–water partition coefficient (Wildman–Crippen LogP) is 0.142. The number of nitrogens with two attached hydrogens (primary N) is 1. The minimum atomic E-state index is -0.0744. The van der Waals surface area contributed by atoms with Gasteiger partial charge in [0.15, 0.2) is 0 Å². The molecule has 0 amide bonds. The highest BCUT2D eigenvalue weighted by Crippen LogP contribution is 1.99. The van der Waals surface area contributed by atoms with Gasteiger partial charge in [0.2, 0.25) is 5.56 Å². The molecule has 0 atom stereocenters. The summed E-state index contributed by atoms with van der Waals surface area (Å²) in [5.41, 5.74) is 7.24. The van der Waals surface area contributed by atoms with E-state index >= 15 is 0 Å². The fraction of sp³-hybridized carbons (Fsp3) is 0.286. The minimum Gasteiger partial charge on any atom is -0.329 e. The van der Waals surface area contributed by atoms with Crippen LogP contribution in [0.25, 0.3) is 0 Å². The van der Waals surface area contributed by atoms with E-state index in [1.165, 1.54) is 0 Å². The number of H-pyrrole nitrogens is 1. The zero-order valence-electron chi connectivity index (χ0n) is 5.85. The topological polar surface area (TPSA) is 58.9 Å². The predicted molar refractivity (Wildman–Crippen MR) is 39.7 cm³/mol. The second-order valence-corrected chi connectivity index (χ2v) is 2.21. The molecule has 1 rings (SSSR count). The highest BCUT2D eigenvalue weighted by molar-refractivity contribution is 5.20. The van der Waals surface area contributed by atoms with Gasteiger partial charge in [0, 0.05) is 18.8 Å². The molecule has 0 aliphatic heterocycles. The fourth-order valence-electron chi connectivity index (χ4n) is 0.823. The van der Waals surface area contributed by atoms with E-state index in [9.17, 15) is 4.79 Å². The average molecular weight is 138 g/mol. The Labute approximate surface area is 58.9 Å². The SMILES string of the molecule is Cc1cc(=O)[nH]cc1CN. The first-order chi connectivity index (χ1) is 4.74. The Morgan fingerprint density at radius 1 is 1.70 bits per heavy atom. The molecule has 0 spiro atoms. The normalized spacial score (nSPS) is 9.80. The number of pyridine rings is 1. The Hall–Kier alpha value is -1.09. The second-order valence-electron chi connectivity index (χ2n) is 2.21. The fourth-order valence-corrected chi connectivity index (χ4v) is 0.823. The molecular formula is C7H10N2O. The molecule has 1 aromatic rings. The van der Waals surface area contributed by atoms with Crippen molar-refractivity contribution < 1.29 is 0 Å². The van der Waals surface area contributed by atoms with E-state index in [0.29, 0.717) is 6.54 Å². The van der Waals surface area contributed by atoms with Crippen LogP contribution in [0.15, 0.2) is 17.1 Å². The van der Waals surface area contributed by atoms with Crippen LogP contribution in [0.1, 0.15) is 11.1 Å². The van der Waals surface area contributed by atoms with Gasteiger partial charge >= 0.3 is 0 Å². The lowest BCUT2D eigenvalue weighted by Gasteiger charge is -1.98. The van der Waals surface area contributed by atoms with E-state index < -0.39 is 0 Å². The van der Waals surface area contributed by atoms with Gasteiger partial charge in [-0.05, 0) is 18.1 Å². The van der Waals surface area contributed by atoms with Crippen molar-refractivity contribution in [2.45, 2.75) is 13.5 Å². The van der Waals surface area contributed by atoms with Crippen molar-refractivity contribution in [2.75, 3.05) is 0 Å². The summed E-state index contributed by atoms with van der Waals surface area (Å²) in [7, 11) is 0. The first kappa shape index (κ1) is 7.02. The highest BCUT2D eigenvalue weighted by atomic mass is 16.1. The summed E-state index contributed by atoms with van der Waals surface area (Å²) >= 11 is 0. The molecule has 0 saturated carbocycles. The first-order valence-corrected chi connectivity index (χ1v) is 3.12. The number of aryl methyl sites for hydroxylation is 1. The number of rotatable bonds is 1. The average Bonchev–Trinajstić information content (AvgIpc) is 1.88. The van der Waals surface area contributed by atoms with E-state index in [1.807, 2.05) is 6.92 Å². The quantitative estimate of drug-likeness (QED) is 0.580. The molecule has 0 aromatic carbocycles. The Morgan fingerprint density at radius 3 is 2.90 bits per heavy atom. The van der Waals surface area contributed by atoms with E-state index in [2.05, 4.69) is 4.98 Å². The Bertz CT molecular complexity index is 277. The number of hydrogen-bond donors (Lipinski definition) is 2. The molecule has 0 fully saturated rings. The molecule has 10 heavy (non-hydrogen) atoms. The van der Waals surface area contributed by atoms with Gasteiger partial charge in [0.25, 0.3) is 0 Å². The number of aromatic amines is 1. The summed E-state index contributed by atoms with van der Waals surface area (Å²) in [6, 6.07) is 1.54. The van der Waals surface area contributed by atoms with Crippen LogP contribution in [0.3, 0.4) is 0 Å². The summed E-state index contributed by atoms with van der Waals surface area (Å²) in [4.78, 5) is 13.2. The number of aromatic nitrogens is 1. The molecule has 0 aliphatic rings. The summed E-state index contributed by atoms with van der Waals surface area (Å²) in [6.45, 7) is 2.35. The van der Waals surface area contributed by atoms with Crippen molar-refractivity contribution >= 4 is 0 Å². The van der Waals surface area contributed by atoms with Gasteiger partial charge in [-0.3, -0.25) is 4.79 Å². The van der Waals surface area contributed by atoms with Gasteiger partial charge in [0.05, 0.1) is 0 Å². The highest BCUT2D eigenvalue weighted by Gasteiger charge is 1.93. The van der Waals surface area contributed by atoms with Crippen molar-refractivity contribution in [1.29, 1.82) is 0 Å². The number of nitrogens with one attached hydrogen (secondary N) is 1. The van der Waals surface area contributed by atoms with Crippen LogP contribution in [0.4, 0.5) is 0 Å². The maximum atomic E-state index is 10.7. The van der Waals surface area contributed by atoms with Crippen LogP contribution in [0, 0.1) is 6.92 Å². The lowest BCUT2D eigenvalue weighted by atomic mass is 10.2. The second kappa shape index (κ2) is 2.66. The smallest absolute Gasteiger partial charge is 0.248 e. The van der Waals surface area contributed by atoms with Crippen LogP contribution in [0.2, 0.25) is 0 Å². The molecular weight excluding hydrogens is 128 g/mol. The standard InChI is InChI=1S/C7H10N2O/c1-5-2-7(10)9-4-6(5)3-8/h2,4H,3,8H2,1H3,(H,9,10). The molecule has 1 heterocycles. The molecule has 3 N–H and O–H groups in total. The molecule has 0 aliphatic carbocycles. The summed E-state index contributed by atoms with van der Waals surface area (Å²) in [5, 5.41) is 0. The Balaban J connectivity index is 3.19. The lowest BCUT2D eigenvalue weighted by Crippen LogP contribution is -2.08. The zero-order valence-corrected chi connectivity index (χ0v) is 5.85. The molecule has 3 nitrogen and oxygen atoms in total. The summed E-state index contributed by atoms with van der Waals surface area (Å²) in [6.07, 6.45) is 1.65. The lowest BCUT2D eigenvalue weighted by molar-refractivity contribution is 1.01. The minimum absolute atomic E-state index is 0.0744. The zero-order chi connectivity index (χ0) is 7.56. The van der Waals surface area contributed by atoms with Crippen LogP contribution in [-0.4, -0.2) is 4.98 Å². The van der Waals surface area contributed by atoms with Crippen LogP contribution < -0.4 is 11.3 Å². The van der Waals surface area contributed by atoms with Gasteiger partial charge in [-0.15, -0.1) is 0 Å². The third-order valence-corrected chi connectivity index (χ3v) is 1.46. The van der Waals surface area contributed by atoms with Crippen LogP contribution >= 0.6 is 0 Å². The monoisotopic (exact) mass is 138 g/mol. The first-order valence-electron chi connectivity index (χ1n) is 3.12. The van der Waals surface area contributed by atoms with Gasteiger partial charge in [-0.25, -0.2) is 0 Å².